The van der Waals surface area contributed by atoms with E-state index in [0.29, 0.717) is 0 Å². The highest BCUT2D eigenvalue weighted by Gasteiger charge is 2.13. The highest BCUT2D eigenvalue weighted by molar-refractivity contribution is 6.01. The summed E-state index contributed by atoms with van der Waals surface area (Å²) < 4.78 is 5.39. The standard InChI is InChI=1S/C18H20N4O/c19-15-2-1-3-16-17(15)18(21-20-16)14-6-4-13(5-7-14)12-22-8-10-23-11-9-22/h1-7H,8-12,19H2,(H,20,21). The molecule has 1 aliphatic rings. The summed E-state index contributed by atoms with van der Waals surface area (Å²) in [5.41, 5.74) is 11.1. The molecule has 0 aliphatic carbocycles. The summed E-state index contributed by atoms with van der Waals surface area (Å²) in [7, 11) is 0. The van der Waals surface area contributed by atoms with Gasteiger partial charge in [-0.05, 0) is 17.7 Å². The van der Waals surface area contributed by atoms with Crippen LogP contribution in [0.1, 0.15) is 5.56 Å². The van der Waals surface area contributed by atoms with Crippen LogP contribution in [0, 0.1) is 0 Å². The van der Waals surface area contributed by atoms with Gasteiger partial charge in [0.25, 0.3) is 0 Å². The molecule has 1 aromatic heterocycles. The number of hydrogen-bond acceptors (Lipinski definition) is 4. The number of nitrogens with zero attached hydrogens (tertiary/aromatic N) is 2. The van der Waals surface area contributed by atoms with Crippen molar-refractivity contribution in [2.75, 3.05) is 32.0 Å². The van der Waals surface area contributed by atoms with Crippen LogP contribution in [0.5, 0.6) is 0 Å². The zero-order valence-corrected chi connectivity index (χ0v) is 13.0. The van der Waals surface area contributed by atoms with Crippen LogP contribution in [0.2, 0.25) is 0 Å². The second-order valence-electron chi connectivity index (χ2n) is 5.93. The van der Waals surface area contributed by atoms with E-state index in [0.717, 1.165) is 60.7 Å². The molecule has 5 heteroatoms. The minimum atomic E-state index is 0.753. The molecule has 0 saturated carbocycles. The van der Waals surface area contributed by atoms with E-state index in [1.54, 1.807) is 0 Å². The maximum absolute atomic E-state index is 6.11. The van der Waals surface area contributed by atoms with Crippen molar-refractivity contribution in [3.63, 3.8) is 0 Å². The average molecular weight is 308 g/mol. The van der Waals surface area contributed by atoms with Crippen molar-refractivity contribution < 1.29 is 4.74 Å². The van der Waals surface area contributed by atoms with Crippen LogP contribution in [0.15, 0.2) is 42.5 Å². The van der Waals surface area contributed by atoms with Gasteiger partial charge in [-0.3, -0.25) is 10.00 Å². The molecule has 118 valence electrons. The molecule has 3 aromatic rings. The van der Waals surface area contributed by atoms with Crippen molar-refractivity contribution in [1.82, 2.24) is 15.1 Å². The second kappa shape index (κ2) is 6.02. The molecular formula is C18H20N4O. The Morgan fingerprint density at radius 3 is 2.65 bits per heavy atom. The first-order valence-corrected chi connectivity index (χ1v) is 7.93. The number of aromatic amines is 1. The van der Waals surface area contributed by atoms with Crippen LogP contribution >= 0.6 is 0 Å². The van der Waals surface area contributed by atoms with Gasteiger partial charge in [0.2, 0.25) is 0 Å². The normalized spacial score (nSPS) is 16.0. The van der Waals surface area contributed by atoms with E-state index in [9.17, 15) is 0 Å². The van der Waals surface area contributed by atoms with Crippen LogP contribution in [-0.4, -0.2) is 41.4 Å². The average Bonchev–Trinajstić information content (AvgIpc) is 3.02. The van der Waals surface area contributed by atoms with Crippen LogP contribution in [0.25, 0.3) is 22.2 Å². The van der Waals surface area contributed by atoms with Gasteiger partial charge in [0.05, 0.1) is 24.1 Å². The lowest BCUT2D eigenvalue weighted by molar-refractivity contribution is 0.0342. The number of ether oxygens (including phenoxy) is 1. The van der Waals surface area contributed by atoms with Gasteiger partial charge >= 0.3 is 0 Å². The monoisotopic (exact) mass is 308 g/mol. The number of nitrogens with two attached hydrogens (primary N) is 1. The molecule has 0 bridgehead atoms. The van der Waals surface area contributed by atoms with Crippen molar-refractivity contribution in [2.24, 2.45) is 0 Å². The number of nitrogen functional groups attached to an aromatic ring is 1. The van der Waals surface area contributed by atoms with E-state index in [2.05, 4.69) is 39.4 Å². The molecule has 1 aliphatic heterocycles. The molecule has 0 amide bonds. The van der Waals surface area contributed by atoms with Crippen molar-refractivity contribution in [3.05, 3.63) is 48.0 Å². The number of anilines is 1. The smallest absolute Gasteiger partial charge is 0.102 e. The van der Waals surface area contributed by atoms with Gasteiger partial charge in [0.15, 0.2) is 0 Å². The fourth-order valence-electron chi connectivity index (χ4n) is 3.09. The Bertz CT molecular complexity index is 804. The van der Waals surface area contributed by atoms with Crippen molar-refractivity contribution in [2.45, 2.75) is 6.54 Å². The number of fused-ring (bicyclic) bond motifs is 1. The number of benzene rings is 2. The summed E-state index contributed by atoms with van der Waals surface area (Å²) in [5, 5.41) is 8.49. The van der Waals surface area contributed by atoms with Gasteiger partial charge in [0, 0.05) is 30.9 Å². The fraction of sp³-hybridized carbons (Fsp3) is 0.278. The molecule has 23 heavy (non-hydrogen) atoms. The van der Waals surface area contributed by atoms with Gasteiger partial charge in [-0.2, -0.15) is 5.10 Å². The van der Waals surface area contributed by atoms with Gasteiger partial charge in [-0.1, -0.05) is 30.3 Å². The Kier molecular flexibility index (Phi) is 3.73. The van der Waals surface area contributed by atoms with E-state index in [-0.39, 0.29) is 0 Å². The molecule has 1 saturated heterocycles. The molecule has 3 N–H and O–H groups in total. The lowest BCUT2D eigenvalue weighted by atomic mass is 10.0. The summed E-state index contributed by atoms with van der Waals surface area (Å²) >= 11 is 0. The molecular weight excluding hydrogens is 288 g/mol. The van der Waals surface area contributed by atoms with Crippen LogP contribution in [0.4, 0.5) is 5.69 Å². The number of aromatic nitrogens is 2. The van der Waals surface area contributed by atoms with Crippen molar-refractivity contribution in [3.8, 4) is 11.3 Å². The Morgan fingerprint density at radius 1 is 1.09 bits per heavy atom. The molecule has 1 fully saturated rings. The first-order valence-electron chi connectivity index (χ1n) is 7.93. The number of nitrogens with one attached hydrogen (secondary N) is 1. The maximum Gasteiger partial charge on any atom is 0.102 e. The minimum absolute atomic E-state index is 0.753. The van der Waals surface area contributed by atoms with Gasteiger partial charge in [0.1, 0.15) is 5.69 Å². The predicted octanol–water partition coefficient (Wildman–Crippen LogP) is 2.64. The van der Waals surface area contributed by atoms with Crippen LogP contribution in [-0.2, 0) is 11.3 Å². The predicted molar refractivity (Wildman–Crippen MR) is 92.0 cm³/mol. The SMILES string of the molecule is Nc1cccc2[nH]nc(-c3ccc(CN4CCOCC4)cc3)c12. The van der Waals surface area contributed by atoms with Crippen LogP contribution in [0.3, 0.4) is 0 Å². The van der Waals surface area contributed by atoms with E-state index in [1.165, 1.54) is 5.56 Å². The summed E-state index contributed by atoms with van der Waals surface area (Å²) in [6.07, 6.45) is 0. The summed E-state index contributed by atoms with van der Waals surface area (Å²) in [5.74, 6) is 0. The lowest BCUT2D eigenvalue weighted by Gasteiger charge is -2.26. The van der Waals surface area contributed by atoms with Gasteiger partial charge in [-0.25, -0.2) is 0 Å². The Hall–Kier alpha value is -2.37. The van der Waals surface area contributed by atoms with Crippen LogP contribution < -0.4 is 5.73 Å². The van der Waals surface area contributed by atoms with Gasteiger partial charge < -0.3 is 10.5 Å². The summed E-state index contributed by atoms with van der Waals surface area (Å²) in [4.78, 5) is 2.42. The zero-order chi connectivity index (χ0) is 15.6. The number of hydrogen-bond donors (Lipinski definition) is 2. The second-order valence-corrected chi connectivity index (χ2v) is 5.93. The number of morpholine rings is 1. The number of rotatable bonds is 3. The molecule has 2 aromatic carbocycles. The molecule has 5 nitrogen and oxygen atoms in total. The molecule has 4 rings (SSSR count). The maximum atomic E-state index is 6.11. The molecule has 0 unspecified atom stereocenters. The Morgan fingerprint density at radius 2 is 1.87 bits per heavy atom. The van der Waals surface area contributed by atoms with Gasteiger partial charge in [-0.15, -0.1) is 0 Å². The van der Waals surface area contributed by atoms with Crippen molar-refractivity contribution >= 4 is 16.6 Å². The Labute approximate surface area is 135 Å². The van der Waals surface area contributed by atoms with E-state index >= 15 is 0 Å². The van der Waals surface area contributed by atoms with E-state index in [4.69, 9.17) is 10.5 Å². The highest BCUT2D eigenvalue weighted by atomic mass is 16.5. The lowest BCUT2D eigenvalue weighted by Crippen LogP contribution is -2.35. The third kappa shape index (κ3) is 2.81. The van der Waals surface area contributed by atoms with Crippen molar-refractivity contribution in [1.29, 1.82) is 0 Å². The first-order chi connectivity index (χ1) is 11.3. The number of H-pyrrole nitrogens is 1. The summed E-state index contributed by atoms with van der Waals surface area (Å²) in [6, 6.07) is 14.4. The Balaban J connectivity index is 1.59. The quantitative estimate of drug-likeness (QED) is 0.730. The van der Waals surface area contributed by atoms with E-state index < -0.39 is 0 Å². The molecule has 0 atom stereocenters. The fourth-order valence-corrected chi connectivity index (χ4v) is 3.09. The molecule has 2 heterocycles. The topological polar surface area (TPSA) is 67.2 Å². The highest BCUT2D eigenvalue weighted by Crippen LogP contribution is 2.30. The minimum Gasteiger partial charge on any atom is -0.398 e. The third-order valence-electron chi connectivity index (χ3n) is 4.36. The molecule has 0 radical (unpaired) electrons. The van der Waals surface area contributed by atoms with E-state index in [1.807, 2.05) is 18.2 Å². The molecule has 0 spiro atoms. The largest absolute Gasteiger partial charge is 0.398 e. The third-order valence-corrected chi connectivity index (χ3v) is 4.36. The first kappa shape index (κ1) is 14.2. The zero-order valence-electron chi connectivity index (χ0n) is 13.0. The summed E-state index contributed by atoms with van der Waals surface area (Å²) in [6.45, 7) is 4.63.